The normalized spacial score (nSPS) is 15.5. The van der Waals surface area contributed by atoms with E-state index in [1.807, 2.05) is 26.0 Å². The summed E-state index contributed by atoms with van der Waals surface area (Å²) < 4.78 is 0. The number of benzene rings is 1. The maximum Gasteiger partial charge on any atom is 0.253 e. The smallest absolute Gasteiger partial charge is 0.253 e. The van der Waals surface area contributed by atoms with Crippen LogP contribution in [0.25, 0.3) is 0 Å². The molecule has 1 N–H and O–H groups in total. The number of carbonyl (C=O) groups excluding carboxylic acids is 1. The molecule has 0 saturated carbocycles. The maximum absolute atomic E-state index is 12.4. The van der Waals surface area contributed by atoms with E-state index in [0.717, 1.165) is 23.5 Å². The standard InChI is InChI=1S/C22H29N3O/c1-17-7-12-21(18(2)24-17)22(26)23-15-19-8-10-20(11-9-19)16-25-13-5-3-4-6-14-25/h7-12H,3-6,13-16H2,1-2H3,(H,23,26). The molecule has 0 spiro atoms. The van der Waals surface area contributed by atoms with Crippen LogP contribution in [0.3, 0.4) is 0 Å². The van der Waals surface area contributed by atoms with Crippen molar-refractivity contribution in [1.29, 1.82) is 0 Å². The zero-order chi connectivity index (χ0) is 18.4. The molecular weight excluding hydrogens is 322 g/mol. The van der Waals surface area contributed by atoms with E-state index in [1.54, 1.807) is 0 Å². The predicted octanol–water partition coefficient (Wildman–Crippen LogP) is 4.00. The van der Waals surface area contributed by atoms with Crippen LogP contribution >= 0.6 is 0 Å². The summed E-state index contributed by atoms with van der Waals surface area (Å²) in [5, 5.41) is 3.00. The lowest BCUT2D eigenvalue weighted by Crippen LogP contribution is -2.24. The van der Waals surface area contributed by atoms with E-state index in [0.29, 0.717) is 12.1 Å². The molecule has 0 atom stereocenters. The molecule has 26 heavy (non-hydrogen) atoms. The number of hydrogen-bond acceptors (Lipinski definition) is 3. The molecule has 4 heteroatoms. The van der Waals surface area contributed by atoms with Crippen LogP contribution in [0.1, 0.15) is 58.6 Å². The van der Waals surface area contributed by atoms with Crippen LogP contribution in [0.4, 0.5) is 0 Å². The van der Waals surface area contributed by atoms with E-state index in [1.165, 1.54) is 44.3 Å². The van der Waals surface area contributed by atoms with Crippen molar-refractivity contribution >= 4 is 5.91 Å². The molecule has 0 aliphatic carbocycles. The Morgan fingerprint density at radius 1 is 0.962 bits per heavy atom. The van der Waals surface area contributed by atoms with Crippen LogP contribution in [0.2, 0.25) is 0 Å². The summed E-state index contributed by atoms with van der Waals surface area (Å²) in [5.74, 6) is -0.0661. The largest absolute Gasteiger partial charge is 0.348 e. The van der Waals surface area contributed by atoms with E-state index in [9.17, 15) is 4.79 Å². The highest BCUT2D eigenvalue weighted by Gasteiger charge is 2.11. The molecule has 0 radical (unpaired) electrons. The fraction of sp³-hybridized carbons (Fsp3) is 0.455. The number of hydrogen-bond donors (Lipinski definition) is 1. The van der Waals surface area contributed by atoms with Crippen LogP contribution in [0.5, 0.6) is 0 Å². The Kier molecular flexibility index (Phi) is 6.40. The number of pyridine rings is 1. The van der Waals surface area contributed by atoms with E-state index in [-0.39, 0.29) is 5.91 Å². The Hall–Kier alpha value is -2.20. The van der Waals surface area contributed by atoms with E-state index in [2.05, 4.69) is 39.5 Å². The molecule has 1 aromatic carbocycles. The van der Waals surface area contributed by atoms with Crippen LogP contribution in [-0.4, -0.2) is 28.9 Å². The first-order chi connectivity index (χ1) is 12.6. The fourth-order valence-electron chi connectivity index (χ4n) is 3.52. The highest BCUT2D eigenvalue weighted by atomic mass is 16.1. The van der Waals surface area contributed by atoms with Gasteiger partial charge in [0.05, 0.1) is 11.3 Å². The Bertz CT molecular complexity index is 732. The van der Waals surface area contributed by atoms with Gasteiger partial charge in [-0.3, -0.25) is 14.7 Å². The highest BCUT2D eigenvalue weighted by Crippen LogP contribution is 2.14. The first-order valence-electron chi connectivity index (χ1n) is 9.64. The molecular formula is C22H29N3O. The van der Waals surface area contributed by atoms with E-state index >= 15 is 0 Å². The Morgan fingerprint density at radius 3 is 2.27 bits per heavy atom. The van der Waals surface area contributed by atoms with Crippen LogP contribution in [0, 0.1) is 13.8 Å². The number of nitrogens with one attached hydrogen (secondary N) is 1. The summed E-state index contributed by atoms with van der Waals surface area (Å²) in [6.45, 7) is 7.79. The van der Waals surface area contributed by atoms with Gasteiger partial charge in [-0.25, -0.2) is 0 Å². The van der Waals surface area contributed by atoms with Gasteiger partial charge in [0.2, 0.25) is 0 Å². The van der Waals surface area contributed by atoms with Crippen molar-refractivity contribution in [2.24, 2.45) is 0 Å². The molecule has 1 aliphatic rings. The molecule has 4 nitrogen and oxygen atoms in total. The third-order valence-corrected chi connectivity index (χ3v) is 5.05. The average Bonchev–Trinajstić information content (AvgIpc) is 2.89. The van der Waals surface area contributed by atoms with E-state index in [4.69, 9.17) is 0 Å². The van der Waals surface area contributed by atoms with Crippen molar-refractivity contribution in [2.45, 2.75) is 52.6 Å². The minimum absolute atomic E-state index is 0.0661. The van der Waals surface area contributed by atoms with Gasteiger partial charge in [0.15, 0.2) is 0 Å². The first-order valence-corrected chi connectivity index (χ1v) is 9.64. The number of likely N-dealkylation sites (tertiary alicyclic amines) is 1. The van der Waals surface area contributed by atoms with Crippen molar-refractivity contribution in [3.05, 3.63) is 64.5 Å². The van der Waals surface area contributed by atoms with Gasteiger partial charge >= 0.3 is 0 Å². The molecule has 1 aliphatic heterocycles. The summed E-state index contributed by atoms with van der Waals surface area (Å²) in [7, 11) is 0. The monoisotopic (exact) mass is 351 g/mol. The van der Waals surface area contributed by atoms with Crippen molar-refractivity contribution in [3.63, 3.8) is 0 Å². The lowest BCUT2D eigenvalue weighted by molar-refractivity contribution is 0.0950. The van der Waals surface area contributed by atoms with Crippen LogP contribution in [-0.2, 0) is 13.1 Å². The highest BCUT2D eigenvalue weighted by molar-refractivity contribution is 5.95. The third-order valence-electron chi connectivity index (χ3n) is 5.05. The quantitative estimate of drug-likeness (QED) is 0.885. The SMILES string of the molecule is Cc1ccc(C(=O)NCc2ccc(CN3CCCCCC3)cc2)c(C)n1. The second-order valence-electron chi connectivity index (χ2n) is 7.28. The number of amides is 1. The lowest BCUT2D eigenvalue weighted by Gasteiger charge is -2.19. The Morgan fingerprint density at radius 2 is 1.62 bits per heavy atom. The van der Waals surface area contributed by atoms with Gasteiger partial charge in [-0.15, -0.1) is 0 Å². The molecule has 2 heterocycles. The molecule has 138 valence electrons. The number of aromatic nitrogens is 1. The molecule has 1 saturated heterocycles. The van der Waals surface area contributed by atoms with Gasteiger partial charge in [0.1, 0.15) is 0 Å². The summed E-state index contributed by atoms with van der Waals surface area (Å²) in [6, 6.07) is 12.3. The summed E-state index contributed by atoms with van der Waals surface area (Å²) in [6.07, 6.45) is 5.37. The Balaban J connectivity index is 1.53. The first kappa shape index (κ1) is 18.6. The van der Waals surface area contributed by atoms with Crippen LogP contribution in [0.15, 0.2) is 36.4 Å². The van der Waals surface area contributed by atoms with Gasteiger partial charge in [-0.2, -0.15) is 0 Å². The van der Waals surface area contributed by atoms with Gasteiger partial charge in [0.25, 0.3) is 5.91 Å². The molecule has 3 rings (SSSR count). The van der Waals surface area contributed by atoms with Gasteiger partial charge in [-0.1, -0.05) is 37.1 Å². The van der Waals surface area contributed by atoms with Crippen LogP contribution < -0.4 is 5.32 Å². The molecule has 0 unspecified atom stereocenters. The topological polar surface area (TPSA) is 45.2 Å². The third kappa shape index (κ3) is 5.15. The van der Waals surface area contributed by atoms with Crippen molar-refractivity contribution in [1.82, 2.24) is 15.2 Å². The summed E-state index contributed by atoms with van der Waals surface area (Å²) in [4.78, 5) is 19.3. The molecule has 0 bridgehead atoms. The predicted molar refractivity (Wildman–Crippen MR) is 105 cm³/mol. The minimum Gasteiger partial charge on any atom is -0.348 e. The number of rotatable bonds is 5. The summed E-state index contributed by atoms with van der Waals surface area (Å²) in [5.41, 5.74) is 4.82. The lowest BCUT2D eigenvalue weighted by atomic mass is 10.1. The van der Waals surface area contributed by atoms with Crippen molar-refractivity contribution in [2.75, 3.05) is 13.1 Å². The second-order valence-corrected chi connectivity index (χ2v) is 7.28. The van der Waals surface area contributed by atoms with Crippen molar-refractivity contribution < 1.29 is 4.79 Å². The Labute approximate surface area is 156 Å². The second kappa shape index (κ2) is 8.95. The molecule has 1 fully saturated rings. The number of carbonyl (C=O) groups is 1. The van der Waals surface area contributed by atoms with Gasteiger partial charge in [-0.05, 0) is 63.0 Å². The molecule has 1 aromatic heterocycles. The molecule has 1 amide bonds. The fourth-order valence-corrected chi connectivity index (χ4v) is 3.52. The van der Waals surface area contributed by atoms with Gasteiger partial charge < -0.3 is 5.32 Å². The van der Waals surface area contributed by atoms with Gasteiger partial charge in [0, 0.05) is 18.8 Å². The summed E-state index contributed by atoms with van der Waals surface area (Å²) >= 11 is 0. The van der Waals surface area contributed by atoms with E-state index < -0.39 is 0 Å². The number of nitrogens with zero attached hydrogens (tertiary/aromatic N) is 2. The minimum atomic E-state index is -0.0661. The molecule has 2 aromatic rings. The number of aryl methyl sites for hydroxylation is 2. The zero-order valence-electron chi connectivity index (χ0n) is 15.9. The van der Waals surface area contributed by atoms with Crippen molar-refractivity contribution in [3.8, 4) is 0 Å². The maximum atomic E-state index is 12.4. The average molecular weight is 351 g/mol. The zero-order valence-corrected chi connectivity index (χ0v) is 15.9.